The summed E-state index contributed by atoms with van der Waals surface area (Å²) < 4.78 is 0. The molecule has 0 aromatic heterocycles. The van der Waals surface area contributed by atoms with E-state index in [1.807, 2.05) is 6.08 Å². The van der Waals surface area contributed by atoms with Gasteiger partial charge in [0.15, 0.2) is 0 Å². The second-order valence-electron chi connectivity index (χ2n) is 4.94. The van der Waals surface area contributed by atoms with Crippen LogP contribution in [0.4, 0.5) is 0 Å². The van der Waals surface area contributed by atoms with Gasteiger partial charge in [0.05, 0.1) is 0 Å². The predicted molar refractivity (Wildman–Crippen MR) is 79.8 cm³/mol. The highest BCUT2D eigenvalue weighted by Gasteiger charge is 1.90. The first kappa shape index (κ1) is 17.2. The third-order valence-corrected chi connectivity index (χ3v) is 3.12. The Morgan fingerprint density at radius 1 is 0.722 bits per heavy atom. The number of allylic oxidation sites excluding steroid dienone is 1. The molecule has 18 heavy (non-hydrogen) atoms. The van der Waals surface area contributed by atoms with Crippen LogP contribution < -0.4 is 0 Å². The number of unbranched alkanes of at least 4 members (excludes halogenated alkanes) is 10. The first-order valence-corrected chi connectivity index (χ1v) is 7.74. The lowest BCUT2D eigenvalue weighted by Crippen LogP contribution is -1.80. The Balaban J connectivity index is 3.11. The van der Waals surface area contributed by atoms with Crippen molar-refractivity contribution in [3.8, 4) is 0 Å². The zero-order valence-corrected chi connectivity index (χ0v) is 12.1. The minimum Gasteiger partial charge on any atom is -0.303 e. The zero-order chi connectivity index (χ0) is 13.3. The summed E-state index contributed by atoms with van der Waals surface area (Å²) >= 11 is 0. The van der Waals surface area contributed by atoms with Crippen molar-refractivity contribution in [2.45, 2.75) is 84.0 Å². The number of hydrogen-bond donors (Lipinski definition) is 0. The highest BCUT2D eigenvalue weighted by Crippen LogP contribution is 2.10. The monoisotopic (exact) mass is 250 g/mol. The van der Waals surface area contributed by atoms with Crippen molar-refractivity contribution >= 4 is 6.29 Å². The second-order valence-corrected chi connectivity index (χ2v) is 4.94. The molecule has 0 aliphatic rings. The molecule has 0 heterocycles. The number of aldehydes is 1. The smallest absolute Gasteiger partial charge is 0.120 e. The third-order valence-electron chi connectivity index (χ3n) is 3.12. The second kappa shape index (κ2) is 16.2. The lowest BCUT2D eigenvalue weighted by Gasteiger charge is -2.00. The molecule has 0 aromatic rings. The Morgan fingerprint density at radius 3 is 1.89 bits per heavy atom. The van der Waals surface area contributed by atoms with Gasteiger partial charge in [-0.25, -0.2) is 0 Å². The molecule has 1 heteroatoms. The normalized spacial score (nSPS) is 9.83. The fourth-order valence-corrected chi connectivity index (χ4v) is 1.96. The van der Waals surface area contributed by atoms with Crippen LogP contribution in [0.15, 0.2) is 17.9 Å². The first-order valence-electron chi connectivity index (χ1n) is 7.74. The molecule has 0 saturated carbocycles. The number of carbonyl (C=O) groups is 1. The maximum atomic E-state index is 10.1. The fourth-order valence-electron chi connectivity index (χ4n) is 1.96. The van der Waals surface area contributed by atoms with Gasteiger partial charge in [0.1, 0.15) is 6.29 Å². The molecule has 0 atom stereocenters. The van der Waals surface area contributed by atoms with Crippen molar-refractivity contribution in [3.05, 3.63) is 17.9 Å². The lowest BCUT2D eigenvalue weighted by atomic mass is 10.1. The van der Waals surface area contributed by atoms with E-state index in [0.29, 0.717) is 6.42 Å². The van der Waals surface area contributed by atoms with E-state index in [1.165, 1.54) is 57.8 Å². The van der Waals surface area contributed by atoms with Gasteiger partial charge in [-0.1, -0.05) is 58.3 Å². The van der Waals surface area contributed by atoms with Crippen molar-refractivity contribution in [2.75, 3.05) is 0 Å². The summed E-state index contributed by atoms with van der Waals surface area (Å²) in [5.41, 5.74) is 3.14. The van der Waals surface area contributed by atoms with Gasteiger partial charge in [-0.2, -0.15) is 0 Å². The van der Waals surface area contributed by atoms with Gasteiger partial charge in [-0.15, -0.1) is 5.73 Å². The SMILES string of the molecule is CCCCCCCCCCCC=C=CCCC=O. The lowest BCUT2D eigenvalue weighted by molar-refractivity contribution is -0.107. The maximum Gasteiger partial charge on any atom is 0.120 e. The standard InChI is InChI=1S/C17H30O/c1-2-3-4-5-6-7-8-9-10-11-12-13-14-15-16-17-18/h12,14,17H,2-11,15-16H2,1H3. The average molecular weight is 250 g/mol. The summed E-state index contributed by atoms with van der Waals surface area (Å²) in [4.78, 5) is 10.1. The summed E-state index contributed by atoms with van der Waals surface area (Å²) in [5, 5.41) is 0. The molecule has 1 nitrogen and oxygen atoms in total. The summed E-state index contributed by atoms with van der Waals surface area (Å²) in [6.07, 6.45) is 20.0. The van der Waals surface area contributed by atoms with E-state index in [-0.39, 0.29) is 0 Å². The summed E-state index contributed by atoms with van der Waals surface area (Å²) in [6.45, 7) is 2.26. The van der Waals surface area contributed by atoms with Gasteiger partial charge in [0, 0.05) is 6.42 Å². The minimum absolute atomic E-state index is 0.624. The molecule has 0 bridgehead atoms. The Kier molecular flexibility index (Phi) is 15.5. The molecule has 0 fully saturated rings. The molecule has 0 aliphatic carbocycles. The van der Waals surface area contributed by atoms with Gasteiger partial charge >= 0.3 is 0 Å². The third kappa shape index (κ3) is 15.2. The Labute approximate surface area is 113 Å². The van der Waals surface area contributed by atoms with Crippen molar-refractivity contribution in [3.63, 3.8) is 0 Å². The Bertz CT molecular complexity index is 224. The molecule has 0 N–H and O–H groups in total. The van der Waals surface area contributed by atoms with Gasteiger partial charge in [-0.05, 0) is 31.4 Å². The molecular weight excluding hydrogens is 220 g/mol. The average Bonchev–Trinajstić information content (AvgIpc) is 2.39. The van der Waals surface area contributed by atoms with E-state index in [1.54, 1.807) is 0 Å². The Morgan fingerprint density at radius 2 is 1.28 bits per heavy atom. The quantitative estimate of drug-likeness (QED) is 0.236. The molecule has 104 valence electrons. The van der Waals surface area contributed by atoms with E-state index >= 15 is 0 Å². The van der Waals surface area contributed by atoms with Crippen LogP contribution in [0.5, 0.6) is 0 Å². The maximum absolute atomic E-state index is 10.1. The highest BCUT2D eigenvalue weighted by molar-refractivity contribution is 5.49. The van der Waals surface area contributed by atoms with Gasteiger partial charge in [-0.3, -0.25) is 0 Å². The summed E-state index contributed by atoms with van der Waals surface area (Å²) in [5.74, 6) is 0. The molecule has 0 aromatic carbocycles. The molecule has 0 aliphatic heterocycles. The Hall–Kier alpha value is -0.810. The molecule has 0 amide bonds. The van der Waals surface area contributed by atoms with Crippen LogP contribution in [0.1, 0.15) is 84.0 Å². The van der Waals surface area contributed by atoms with Crippen molar-refractivity contribution in [2.24, 2.45) is 0 Å². The van der Waals surface area contributed by atoms with Crippen LogP contribution in [0, 0.1) is 0 Å². The van der Waals surface area contributed by atoms with Crippen LogP contribution >= 0.6 is 0 Å². The van der Waals surface area contributed by atoms with Gasteiger partial charge < -0.3 is 4.79 Å². The van der Waals surface area contributed by atoms with Crippen LogP contribution in [-0.4, -0.2) is 6.29 Å². The van der Waals surface area contributed by atoms with E-state index < -0.39 is 0 Å². The fraction of sp³-hybridized carbons (Fsp3) is 0.765. The molecular formula is C17H30O. The molecule has 0 unspecified atom stereocenters. The van der Waals surface area contributed by atoms with Crippen LogP contribution in [0.2, 0.25) is 0 Å². The van der Waals surface area contributed by atoms with Crippen molar-refractivity contribution in [1.29, 1.82) is 0 Å². The molecule has 0 saturated heterocycles. The van der Waals surface area contributed by atoms with E-state index in [2.05, 4.69) is 18.7 Å². The van der Waals surface area contributed by atoms with Gasteiger partial charge in [0.2, 0.25) is 0 Å². The minimum atomic E-state index is 0.624. The zero-order valence-electron chi connectivity index (χ0n) is 12.1. The topological polar surface area (TPSA) is 17.1 Å². The molecule has 0 radical (unpaired) electrons. The predicted octanol–water partition coefficient (Wildman–Crippen LogP) is 5.60. The number of carbonyl (C=O) groups excluding carboxylic acids is 1. The van der Waals surface area contributed by atoms with E-state index in [9.17, 15) is 4.79 Å². The molecule has 0 spiro atoms. The van der Waals surface area contributed by atoms with E-state index in [0.717, 1.165) is 19.1 Å². The highest BCUT2D eigenvalue weighted by atomic mass is 16.1. The van der Waals surface area contributed by atoms with Crippen molar-refractivity contribution in [1.82, 2.24) is 0 Å². The summed E-state index contributed by atoms with van der Waals surface area (Å²) in [7, 11) is 0. The number of rotatable bonds is 13. The van der Waals surface area contributed by atoms with Crippen LogP contribution in [0.3, 0.4) is 0 Å². The van der Waals surface area contributed by atoms with Crippen LogP contribution in [0.25, 0.3) is 0 Å². The van der Waals surface area contributed by atoms with Crippen LogP contribution in [-0.2, 0) is 4.79 Å². The van der Waals surface area contributed by atoms with Crippen molar-refractivity contribution < 1.29 is 4.79 Å². The van der Waals surface area contributed by atoms with Gasteiger partial charge in [0.25, 0.3) is 0 Å². The number of hydrogen-bond acceptors (Lipinski definition) is 1. The van der Waals surface area contributed by atoms with E-state index in [4.69, 9.17) is 0 Å². The summed E-state index contributed by atoms with van der Waals surface area (Å²) in [6, 6.07) is 0. The molecule has 0 rings (SSSR count). The first-order chi connectivity index (χ1) is 8.91. The largest absolute Gasteiger partial charge is 0.303 e.